The Morgan fingerprint density at radius 3 is 2.60 bits per heavy atom. The molecule has 0 spiro atoms. The number of aromatic nitrogens is 1. The zero-order valence-electron chi connectivity index (χ0n) is 7.73. The average molecular weight is 240 g/mol. The van der Waals surface area contributed by atoms with Crippen LogP contribution >= 0.6 is 12.4 Å². The number of nitrogens with two attached hydrogens (primary N) is 2. The lowest BCUT2D eigenvalue weighted by molar-refractivity contribution is -0.0710. The van der Waals surface area contributed by atoms with E-state index in [0.29, 0.717) is 0 Å². The zero-order chi connectivity index (χ0) is 10.8. The number of anilines is 1. The number of aliphatic hydroxyl groups excluding tert-OH is 1. The van der Waals surface area contributed by atoms with Gasteiger partial charge in [-0.05, 0) is 6.07 Å². The molecule has 4 nitrogen and oxygen atoms in total. The lowest BCUT2D eigenvalue weighted by Gasteiger charge is -2.22. The molecule has 15 heavy (non-hydrogen) atoms. The Kier molecular flexibility index (Phi) is 4.86. The number of pyridine rings is 1. The van der Waals surface area contributed by atoms with Crippen molar-refractivity contribution in [3.63, 3.8) is 0 Å². The first-order chi connectivity index (χ1) is 6.49. The van der Waals surface area contributed by atoms with Crippen LogP contribution in [0.5, 0.6) is 0 Å². The highest BCUT2D eigenvalue weighted by Crippen LogP contribution is 2.30. The summed E-state index contributed by atoms with van der Waals surface area (Å²) < 4.78 is 25.9. The zero-order valence-corrected chi connectivity index (χ0v) is 8.55. The van der Waals surface area contributed by atoms with Crippen molar-refractivity contribution in [2.75, 3.05) is 12.3 Å². The van der Waals surface area contributed by atoms with Crippen molar-refractivity contribution in [1.82, 2.24) is 4.98 Å². The fourth-order valence-electron chi connectivity index (χ4n) is 1.02. The normalized spacial score (nSPS) is 13.1. The van der Waals surface area contributed by atoms with E-state index in [1.807, 2.05) is 0 Å². The Morgan fingerprint density at radius 2 is 2.13 bits per heavy atom. The van der Waals surface area contributed by atoms with Crippen molar-refractivity contribution in [2.45, 2.75) is 12.0 Å². The Morgan fingerprint density at radius 1 is 1.53 bits per heavy atom. The van der Waals surface area contributed by atoms with E-state index >= 15 is 0 Å². The van der Waals surface area contributed by atoms with Crippen molar-refractivity contribution in [1.29, 1.82) is 0 Å². The number of alkyl halides is 2. The van der Waals surface area contributed by atoms with Crippen LogP contribution in [-0.4, -0.2) is 22.6 Å². The Labute approximate surface area is 91.7 Å². The maximum Gasteiger partial charge on any atom is 0.289 e. The Hall–Kier alpha value is -0.980. The van der Waals surface area contributed by atoms with Gasteiger partial charge in [-0.15, -0.1) is 12.4 Å². The fraction of sp³-hybridized carbons (Fsp3) is 0.375. The van der Waals surface area contributed by atoms with Gasteiger partial charge in [0, 0.05) is 11.8 Å². The molecule has 1 aromatic rings. The number of hydrogen-bond donors (Lipinski definition) is 3. The third kappa shape index (κ3) is 2.98. The molecule has 1 atom stereocenters. The van der Waals surface area contributed by atoms with Gasteiger partial charge >= 0.3 is 0 Å². The minimum atomic E-state index is -3.39. The van der Waals surface area contributed by atoms with E-state index < -0.39 is 18.6 Å². The number of halogens is 3. The molecule has 0 unspecified atom stereocenters. The first kappa shape index (κ1) is 14.0. The molecule has 0 aliphatic heterocycles. The summed E-state index contributed by atoms with van der Waals surface area (Å²) in [5.74, 6) is -3.44. The van der Waals surface area contributed by atoms with Gasteiger partial charge in [0.05, 0.1) is 0 Å². The maximum absolute atomic E-state index is 13.0. The highest BCUT2D eigenvalue weighted by Gasteiger charge is 2.38. The van der Waals surface area contributed by atoms with Crippen molar-refractivity contribution in [2.24, 2.45) is 5.73 Å². The predicted octanol–water partition coefficient (Wildman–Crippen LogP) is 0.713. The summed E-state index contributed by atoms with van der Waals surface area (Å²) in [5, 5.41) is 8.43. The molecule has 0 saturated carbocycles. The van der Waals surface area contributed by atoms with E-state index in [4.69, 9.17) is 16.6 Å². The van der Waals surface area contributed by atoms with Crippen LogP contribution in [0.1, 0.15) is 11.6 Å². The summed E-state index contributed by atoms with van der Waals surface area (Å²) in [6.07, 6.45) is 1.38. The standard InChI is InChI=1S/C8H11F2N3O.ClH/c9-8(10,4-14)6(11)5-2-1-3-13-7(5)12;/h1-3,6,14H,4,11H2,(H2,12,13);1H/t6-;/m1./s1. The molecule has 1 rings (SSSR count). The second-order valence-electron chi connectivity index (χ2n) is 2.87. The fourth-order valence-corrected chi connectivity index (χ4v) is 1.02. The molecule has 86 valence electrons. The molecule has 0 aliphatic rings. The van der Waals surface area contributed by atoms with Crippen LogP contribution in [0.15, 0.2) is 18.3 Å². The molecule has 0 amide bonds. The van der Waals surface area contributed by atoms with Gasteiger partial charge in [0.15, 0.2) is 0 Å². The lowest BCUT2D eigenvalue weighted by atomic mass is 10.0. The first-order valence-corrected chi connectivity index (χ1v) is 3.93. The number of rotatable bonds is 3. The number of nitrogen functional groups attached to an aromatic ring is 1. The maximum atomic E-state index is 13.0. The summed E-state index contributed by atoms with van der Waals surface area (Å²) in [6, 6.07) is 1.18. The number of hydrogen-bond acceptors (Lipinski definition) is 4. The van der Waals surface area contributed by atoms with Crippen LogP contribution in [0.2, 0.25) is 0 Å². The topological polar surface area (TPSA) is 85.2 Å². The van der Waals surface area contributed by atoms with E-state index in [1.54, 1.807) is 0 Å². The second kappa shape index (κ2) is 5.20. The third-order valence-electron chi connectivity index (χ3n) is 1.87. The minimum absolute atomic E-state index is 0. The van der Waals surface area contributed by atoms with Crippen LogP contribution in [0, 0.1) is 0 Å². The van der Waals surface area contributed by atoms with E-state index in [1.165, 1.54) is 18.3 Å². The van der Waals surface area contributed by atoms with Crippen LogP contribution in [0.4, 0.5) is 14.6 Å². The number of nitrogens with zero attached hydrogens (tertiary/aromatic N) is 1. The van der Waals surface area contributed by atoms with Gasteiger partial charge in [0.1, 0.15) is 18.5 Å². The van der Waals surface area contributed by atoms with E-state index in [2.05, 4.69) is 4.98 Å². The van der Waals surface area contributed by atoms with Crippen molar-refractivity contribution in [3.05, 3.63) is 23.9 Å². The van der Waals surface area contributed by atoms with Gasteiger partial charge in [-0.25, -0.2) is 13.8 Å². The molecule has 7 heteroatoms. The van der Waals surface area contributed by atoms with Gasteiger partial charge < -0.3 is 16.6 Å². The highest BCUT2D eigenvalue weighted by atomic mass is 35.5. The minimum Gasteiger partial charge on any atom is -0.390 e. The van der Waals surface area contributed by atoms with Crippen LogP contribution in [0.3, 0.4) is 0 Å². The van der Waals surface area contributed by atoms with E-state index in [-0.39, 0.29) is 23.8 Å². The summed E-state index contributed by atoms with van der Waals surface area (Å²) in [4.78, 5) is 3.63. The average Bonchev–Trinajstić information content (AvgIpc) is 2.17. The van der Waals surface area contributed by atoms with Crippen molar-refractivity contribution < 1.29 is 13.9 Å². The summed E-state index contributed by atoms with van der Waals surface area (Å²) in [6.45, 7) is -1.32. The van der Waals surface area contributed by atoms with Gasteiger partial charge in [-0.1, -0.05) is 6.07 Å². The smallest absolute Gasteiger partial charge is 0.289 e. The predicted molar refractivity (Wildman–Crippen MR) is 54.9 cm³/mol. The Balaban J connectivity index is 0.00000196. The molecule has 1 heterocycles. The van der Waals surface area contributed by atoms with Gasteiger partial charge in [0.25, 0.3) is 5.92 Å². The van der Waals surface area contributed by atoms with Gasteiger partial charge in [-0.2, -0.15) is 0 Å². The van der Waals surface area contributed by atoms with Crippen LogP contribution in [-0.2, 0) is 0 Å². The molecule has 0 bridgehead atoms. The van der Waals surface area contributed by atoms with Crippen LogP contribution < -0.4 is 11.5 Å². The largest absolute Gasteiger partial charge is 0.390 e. The van der Waals surface area contributed by atoms with Crippen molar-refractivity contribution in [3.8, 4) is 0 Å². The molecule has 0 radical (unpaired) electrons. The van der Waals surface area contributed by atoms with Gasteiger partial charge in [0.2, 0.25) is 0 Å². The summed E-state index contributed by atoms with van der Waals surface area (Å²) >= 11 is 0. The molecule has 5 N–H and O–H groups in total. The second-order valence-corrected chi connectivity index (χ2v) is 2.87. The quantitative estimate of drug-likeness (QED) is 0.725. The van der Waals surface area contributed by atoms with Gasteiger partial charge in [-0.3, -0.25) is 0 Å². The van der Waals surface area contributed by atoms with E-state index in [0.717, 1.165) is 0 Å². The SMILES string of the molecule is Cl.Nc1ncccc1[C@@H](N)C(F)(F)CO. The molecule has 0 fully saturated rings. The summed E-state index contributed by atoms with van der Waals surface area (Å²) in [5.41, 5.74) is 10.7. The molecule has 0 saturated heterocycles. The lowest BCUT2D eigenvalue weighted by Crippen LogP contribution is -2.36. The monoisotopic (exact) mass is 239 g/mol. The number of aliphatic hydroxyl groups is 1. The Bertz CT molecular complexity index is 325. The molecule has 0 aliphatic carbocycles. The third-order valence-corrected chi connectivity index (χ3v) is 1.87. The highest BCUT2D eigenvalue weighted by molar-refractivity contribution is 5.85. The molecular weight excluding hydrogens is 228 g/mol. The first-order valence-electron chi connectivity index (χ1n) is 3.93. The van der Waals surface area contributed by atoms with Crippen molar-refractivity contribution >= 4 is 18.2 Å². The molecule has 1 aromatic heterocycles. The molecular formula is C8H12ClF2N3O. The van der Waals surface area contributed by atoms with E-state index in [9.17, 15) is 8.78 Å². The summed E-state index contributed by atoms with van der Waals surface area (Å²) in [7, 11) is 0. The van der Waals surface area contributed by atoms with Crippen LogP contribution in [0.25, 0.3) is 0 Å². The molecule has 0 aromatic carbocycles.